The molecule has 0 aliphatic carbocycles. The van der Waals surface area contributed by atoms with Crippen LogP contribution in [0.1, 0.15) is 25.5 Å². The van der Waals surface area contributed by atoms with E-state index in [1.54, 1.807) is 0 Å². The number of nitrogens with one attached hydrogen (secondary N) is 1. The van der Waals surface area contributed by atoms with Crippen LogP contribution in [0.2, 0.25) is 0 Å². The average Bonchev–Trinajstić information content (AvgIpc) is 2.40. The summed E-state index contributed by atoms with van der Waals surface area (Å²) >= 11 is 0. The third-order valence-electron chi connectivity index (χ3n) is 3.05. The first-order valence-corrected chi connectivity index (χ1v) is 6.18. The van der Waals surface area contributed by atoms with E-state index in [2.05, 4.69) is 16.5 Å². The maximum atomic E-state index is 5.62. The smallest absolute Gasteiger partial charge is 0.0755 e. The van der Waals surface area contributed by atoms with Crippen LogP contribution in [-0.2, 0) is 4.74 Å². The summed E-state index contributed by atoms with van der Waals surface area (Å²) in [5, 5.41) is 1.11. The zero-order valence-corrected chi connectivity index (χ0v) is 10.8. The summed E-state index contributed by atoms with van der Waals surface area (Å²) in [5.41, 5.74) is 4.83. The second-order valence-corrected chi connectivity index (χ2v) is 4.27. The van der Waals surface area contributed by atoms with Crippen molar-refractivity contribution in [3.63, 3.8) is 0 Å². The number of hydrazine groups is 1. The van der Waals surface area contributed by atoms with Gasteiger partial charge in [0.15, 0.2) is 0 Å². The van der Waals surface area contributed by atoms with Crippen molar-refractivity contribution >= 4 is 10.9 Å². The predicted octanol–water partition coefficient (Wildman–Crippen LogP) is 2.16. The average molecular weight is 245 g/mol. The number of hydrogen-bond donors (Lipinski definition) is 2. The quantitative estimate of drug-likeness (QED) is 0.626. The molecule has 0 bridgehead atoms. The lowest BCUT2D eigenvalue weighted by molar-refractivity contribution is 0.0472. The monoisotopic (exact) mass is 245 g/mol. The zero-order chi connectivity index (χ0) is 13.0. The van der Waals surface area contributed by atoms with Gasteiger partial charge < -0.3 is 4.74 Å². The summed E-state index contributed by atoms with van der Waals surface area (Å²) in [5.74, 6) is 5.62. The molecule has 3 N–H and O–H groups in total. The normalized spacial score (nSPS) is 14.6. The number of pyridine rings is 1. The number of ether oxygens (including phenoxy) is 1. The molecule has 0 saturated carbocycles. The molecule has 2 atom stereocenters. The second kappa shape index (κ2) is 5.91. The molecular weight excluding hydrogens is 226 g/mol. The van der Waals surface area contributed by atoms with Gasteiger partial charge in [-0.15, -0.1) is 0 Å². The van der Waals surface area contributed by atoms with Crippen molar-refractivity contribution in [2.24, 2.45) is 5.84 Å². The van der Waals surface area contributed by atoms with E-state index < -0.39 is 0 Å². The fraction of sp³-hybridized carbons (Fsp3) is 0.357. The minimum Gasteiger partial charge on any atom is -0.377 e. The van der Waals surface area contributed by atoms with Crippen molar-refractivity contribution < 1.29 is 4.74 Å². The Labute approximate surface area is 107 Å². The second-order valence-electron chi connectivity index (χ2n) is 4.27. The lowest BCUT2D eigenvalue weighted by atomic mass is 10.0. The van der Waals surface area contributed by atoms with E-state index in [4.69, 9.17) is 10.6 Å². The summed E-state index contributed by atoms with van der Waals surface area (Å²) in [4.78, 5) is 4.44. The van der Waals surface area contributed by atoms with Crippen LogP contribution in [0.4, 0.5) is 0 Å². The topological polar surface area (TPSA) is 60.2 Å². The van der Waals surface area contributed by atoms with Crippen molar-refractivity contribution in [2.75, 3.05) is 6.61 Å². The van der Waals surface area contributed by atoms with Gasteiger partial charge in [0, 0.05) is 18.2 Å². The van der Waals surface area contributed by atoms with Gasteiger partial charge in [-0.2, -0.15) is 0 Å². The Morgan fingerprint density at radius 3 is 2.89 bits per heavy atom. The van der Waals surface area contributed by atoms with E-state index in [1.807, 2.05) is 44.3 Å². The van der Waals surface area contributed by atoms with Crippen LogP contribution >= 0.6 is 0 Å². The first-order chi connectivity index (χ1) is 8.76. The Hall–Kier alpha value is -1.49. The van der Waals surface area contributed by atoms with Crippen LogP contribution in [0.15, 0.2) is 36.5 Å². The van der Waals surface area contributed by atoms with Crippen LogP contribution in [0, 0.1) is 0 Å². The molecule has 2 rings (SSSR count). The first-order valence-electron chi connectivity index (χ1n) is 6.18. The van der Waals surface area contributed by atoms with Crippen molar-refractivity contribution in [1.29, 1.82) is 0 Å². The summed E-state index contributed by atoms with van der Waals surface area (Å²) < 4.78 is 5.59. The van der Waals surface area contributed by atoms with Gasteiger partial charge in [-0.25, -0.2) is 0 Å². The fourth-order valence-corrected chi connectivity index (χ4v) is 2.12. The van der Waals surface area contributed by atoms with Gasteiger partial charge in [0.25, 0.3) is 0 Å². The van der Waals surface area contributed by atoms with Gasteiger partial charge in [0.1, 0.15) is 0 Å². The molecule has 4 nitrogen and oxygen atoms in total. The van der Waals surface area contributed by atoms with Crippen LogP contribution in [0.3, 0.4) is 0 Å². The number of nitrogens with zero attached hydrogens (tertiary/aromatic N) is 1. The van der Waals surface area contributed by atoms with Crippen LogP contribution < -0.4 is 11.3 Å². The zero-order valence-electron chi connectivity index (χ0n) is 10.8. The lowest BCUT2D eigenvalue weighted by Gasteiger charge is -2.23. The third kappa shape index (κ3) is 2.67. The number of para-hydroxylation sites is 1. The van der Waals surface area contributed by atoms with Crippen LogP contribution in [0.25, 0.3) is 10.9 Å². The number of rotatable bonds is 5. The molecule has 18 heavy (non-hydrogen) atoms. The SMILES string of the molecule is CCOC(C)C(NN)c1cnc2ccccc2c1. The molecule has 0 amide bonds. The minimum atomic E-state index is -0.0537. The van der Waals surface area contributed by atoms with Crippen molar-refractivity contribution in [3.05, 3.63) is 42.1 Å². The summed E-state index contributed by atoms with van der Waals surface area (Å²) in [6, 6.07) is 10.1. The minimum absolute atomic E-state index is 0.00274. The fourth-order valence-electron chi connectivity index (χ4n) is 2.12. The van der Waals surface area contributed by atoms with Gasteiger partial charge >= 0.3 is 0 Å². The highest BCUT2D eigenvalue weighted by molar-refractivity contribution is 5.78. The molecular formula is C14H19N3O. The standard InChI is InChI=1S/C14H19N3O/c1-3-18-10(2)14(17-15)12-8-11-6-4-5-7-13(11)16-9-12/h4-10,14,17H,3,15H2,1-2H3. The molecule has 1 aromatic carbocycles. The van der Waals surface area contributed by atoms with Crippen molar-refractivity contribution in [3.8, 4) is 0 Å². The number of hydrogen-bond acceptors (Lipinski definition) is 4. The lowest BCUT2D eigenvalue weighted by Crippen LogP contribution is -2.36. The van der Waals surface area contributed by atoms with Crippen LogP contribution in [-0.4, -0.2) is 17.7 Å². The third-order valence-corrected chi connectivity index (χ3v) is 3.05. The Morgan fingerprint density at radius 2 is 2.17 bits per heavy atom. The molecule has 2 aromatic rings. The maximum absolute atomic E-state index is 5.62. The van der Waals surface area contributed by atoms with Gasteiger partial charge in [-0.1, -0.05) is 18.2 Å². The number of fused-ring (bicyclic) bond motifs is 1. The Balaban J connectivity index is 2.33. The number of benzene rings is 1. The molecule has 0 saturated heterocycles. The predicted molar refractivity (Wildman–Crippen MR) is 72.9 cm³/mol. The maximum Gasteiger partial charge on any atom is 0.0755 e. The first kappa shape index (κ1) is 13.0. The molecule has 96 valence electrons. The van der Waals surface area contributed by atoms with E-state index in [9.17, 15) is 0 Å². The highest BCUT2D eigenvalue weighted by atomic mass is 16.5. The van der Waals surface area contributed by atoms with E-state index >= 15 is 0 Å². The summed E-state index contributed by atoms with van der Waals surface area (Å²) in [6.07, 6.45) is 1.85. The molecule has 1 aromatic heterocycles. The highest BCUT2D eigenvalue weighted by Gasteiger charge is 2.18. The summed E-state index contributed by atoms with van der Waals surface area (Å²) in [7, 11) is 0. The Morgan fingerprint density at radius 1 is 1.39 bits per heavy atom. The Bertz CT molecular complexity index is 515. The number of aromatic nitrogens is 1. The summed E-state index contributed by atoms with van der Waals surface area (Å²) in [6.45, 7) is 4.65. The van der Waals surface area contributed by atoms with E-state index in [0.29, 0.717) is 6.61 Å². The number of nitrogens with two attached hydrogens (primary N) is 1. The molecule has 0 aliphatic heterocycles. The highest BCUT2D eigenvalue weighted by Crippen LogP contribution is 2.21. The molecule has 2 unspecified atom stereocenters. The molecule has 0 aliphatic rings. The van der Waals surface area contributed by atoms with Gasteiger partial charge in [-0.3, -0.25) is 16.3 Å². The van der Waals surface area contributed by atoms with Crippen molar-refractivity contribution in [2.45, 2.75) is 26.0 Å². The molecule has 0 fully saturated rings. The largest absolute Gasteiger partial charge is 0.377 e. The van der Waals surface area contributed by atoms with E-state index in [0.717, 1.165) is 16.5 Å². The van der Waals surface area contributed by atoms with E-state index in [1.165, 1.54) is 0 Å². The Kier molecular flexibility index (Phi) is 4.25. The van der Waals surface area contributed by atoms with Gasteiger partial charge in [0.2, 0.25) is 0 Å². The van der Waals surface area contributed by atoms with Crippen LogP contribution in [0.5, 0.6) is 0 Å². The van der Waals surface area contributed by atoms with E-state index in [-0.39, 0.29) is 12.1 Å². The van der Waals surface area contributed by atoms with Gasteiger partial charge in [0.05, 0.1) is 17.7 Å². The van der Waals surface area contributed by atoms with Gasteiger partial charge in [-0.05, 0) is 31.5 Å². The van der Waals surface area contributed by atoms with Crippen molar-refractivity contribution in [1.82, 2.24) is 10.4 Å². The molecule has 4 heteroatoms. The molecule has 0 radical (unpaired) electrons. The molecule has 0 spiro atoms. The molecule has 1 heterocycles.